The summed E-state index contributed by atoms with van der Waals surface area (Å²) in [5.41, 5.74) is 1.03. The van der Waals surface area contributed by atoms with Gasteiger partial charge < -0.3 is 15.0 Å². The molecule has 1 fully saturated rings. The van der Waals surface area contributed by atoms with E-state index in [1.807, 2.05) is 29.2 Å². The van der Waals surface area contributed by atoms with Gasteiger partial charge in [0.05, 0.1) is 10.5 Å². The lowest BCUT2D eigenvalue weighted by molar-refractivity contribution is 0.353. The lowest BCUT2D eigenvalue weighted by Gasteiger charge is -2.39. The van der Waals surface area contributed by atoms with Crippen molar-refractivity contribution >= 4 is 39.8 Å². The zero-order valence-corrected chi connectivity index (χ0v) is 20.4. The van der Waals surface area contributed by atoms with Gasteiger partial charge >= 0.3 is 0 Å². The smallest absolute Gasteiger partial charge is 0.193 e. The second-order valence-corrected chi connectivity index (χ2v) is 10.3. The molecule has 0 unspecified atom stereocenters. The maximum absolute atomic E-state index is 13.0. The topological polar surface area (TPSA) is 71.0 Å². The number of sulfone groups is 1. The molecule has 0 bridgehead atoms. The number of ether oxygens (including phenoxy) is 1. The largest absolute Gasteiger partial charge is 0.457 e. The minimum absolute atomic E-state index is 0. The molecule has 2 aromatic rings. The van der Waals surface area contributed by atoms with E-state index in [1.165, 1.54) is 12.1 Å². The zero-order chi connectivity index (χ0) is 21.1. The van der Waals surface area contributed by atoms with Gasteiger partial charge in [0.25, 0.3) is 0 Å². The van der Waals surface area contributed by atoms with Gasteiger partial charge in [0.2, 0.25) is 0 Å². The maximum Gasteiger partial charge on any atom is 0.193 e. The van der Waals surface area contributed by atoms with Crippen LogP contribution in [0.5, 0.6) is 11.5 Å². The number of aliphatic imine (C=N–C) groups is 1. The van der Waals surface area contributed by atoms with Gasteiger partial charge in [-0.05, 0) is 55.8 Å². The molecule has 0 atom stereocenters. The Kier molecular flexibility index (Phi) is 8.09. The average molecular weight is 547 g/mol. The zero-order valence-electron chi connectivity index (χ0n) is 17.3. The number of hydrogen-bond acceptors (Lipinski definition) is 4. The molecule has 2 aromatic carbocycles. The molecule has 9 heteroatoms. The molecule has 1 N–H and O–H groups in total. The molecular formula is C21H27FIN3O3S. The molecule has 0 spiro atoms. The van der Waals surface area contributed by atoms with Crippen LogP contribution in [0, 0.1) is 5.82 Å². The summed E-state index contributed by atoms with van der Waals surface area (Å²) in [6, 6.07) is 13.4. The van der Waals surface area contributed by atoms with Gasteiger partial charge in [-0.3, -0.25) is 4.99 Å². The number of hydrogen-bond donors (Lipinski definition) is 1. The van der Waals surface area contributed by atoms with E-state index in [-0.39, 0.29) is 35.5 Å². The van der Waals surface area contributed by atoms with Gasteiger partial charge in [0.15, 0.2) is 15.8 Å². The summed E-state index contributed by atoms with van der Waals surface area (Å²) in [6.45, 7) is 4.88. The van der Waals surface area contributed by atoms with Crippen molar-refractivity contribution in [2.24, 2.45) is 4.99 Å². The molecular weight excluding hydrogens is 520 g/mol. The summed E-state index contributed by atoms with van der Waals surface area (Å²) in [5.74, 6) is 1.73. The number of benzene rings is 2. The Morgan fingerprint density at radius 3 is 2.23 bits per heavy atom. The van der Waals surface area contributed by atoms with E-state index >= 15 is 0 Å². The van der Waals surface area contributed by atoms with Crippen molar-refractivity contribution < 1.29 is 17.5 Å². The lowest BCUT2D eigenvalue weighted by Crippen LogP contribution is -2.57. The van der Waals surface area contributed by atoms with Gasteiger partial charge in [0.1, 0.15) is 17.3 Å². The highest BCUT2D eigenvalue weighted by molar-refractivity contribution is 14.0. The monoisotopic (exact) mass is 547 g/mol. The Balaban J connectivity index is 0.00000320. The van der Waals surface area contributed by atoms with Crippen LogP contribution in [0.2, 0.25) is 0 Å². The molecule has 0 aromatic heterocycles. The van der Waals surface area contributed by atoms with E-state index in [1.54, 1.807) is 33.0 Å². The predicted octanol–water partition coefficient (Wildman–Crippen LogP) is 3.82. The van der Waals surface area contributed by atoms with Gasteiger partial charge in [-0.2, -0.15) is 0 Å². The standard InChI is InChI=1S/C21H26FN3O3S.HI/c1-21(2)15-25(12-13-29(21,26)27)20(23-3)24-14-16-4-8-18(9-5-16)28-19-10-6-17(22)7-11-19;/h4-11H,12-15H2,1-3H3,(H,23,24);1H. The van der Waals surface area contributed by atoms with E-state index in [0.29, 0.717) is 37.1 Å². The highest BCUT2D eigenvalue weighted by Gasteiger charge is 2.40. The maximum atomic E-state index is 13.0. The van der Waals surface area contributed by atoms with E-state index in [2.05, 4.69) is 10.3 Å². The molecule has 0 aliphatic carbocycles. The third-order valence-corrected chi connectivity index (χ3v) is 7.51. The fraction of sp³-hybridized carbons (Fsp3) is 0.381. The third-order valence-electron chi connectivity index (χ3n) is 4.98. The van der Waals surface area contributed by atoms with Crippen molar-refractivity contribution in [3.63, 3.8) is 0 Å². The highest BCUT2D eigenvalue weighted by atomic mass is 127. The first-order valence-corrected chi connectivity index (χ1v) is 11.1. The minimum atomic E-state index is -3.09. The first kappa shape index (κ1) is 24.4. The molecule has 30 heavy (non-hydrogen) atoms. The van der Waals surface area contributed by atoms with Crippen molar-refractivity contribution in [1.82, 2.24) is 10.2 Å². The van der Waals surface area contributed by atoms with Gasteiger partial charge in [-0.15, -0.1) is 24.0 Å². The molecule has 6 nitrogen and oxygen atoms in total. The minimum Gasteiger partial charge on any atom is -0.457 e. The summed E-state index contributed by atoms with van der Waals surface area (Å²) < 4.78 is 42.3. The summed E-state index contributed by atoms with van der Waals surface area (Å²) in [7, 11) is -1.40. The molecule has 1 aliphatic rings. The number of rotatable bonds is 4. The summed E-state index contributed by atoms with van der Waals surface area (Å²) in [6.07, 6.45) is 0. The van der Waals surface area contributed by atoms with E-state index in [0.717, 1.165) is 5.56 Å². The van der Waals surface area contributed by atoms with Crippen LogP contribution < -0.4 is 10.1 Å². The molecule has 0 saturated carbocycles. The first-order valence-electron chi connectivity index (χ1n) is 9.40. The summed E-state index contributed by atoms with van der Waals surface area (Å²) in [5, 5.41) is 3.29. The van der Waals surface area contributed by atoms with Crippen LogP contribution in [0.1, 0.15) is 19.4 Å². The van der Waals surface area contributed by atoms with E-state index < -0.39 is 14.6 Å². The Hall–Kier alpha value is -1.88. The molecule has 164 valence electrons. The van der Waals surface area contributed by atoms with Crippen LogP contribution >= 0.6 is 24.0 Å². The molecule has 1 aliphatic heterocycles. The number of guanidine groups is 1. The fourth-order valence-electron chi connectivity index (χ4n) is 3.15. The highest BCUT2D eigenvalue weighted by Crippen LogP contribution is 2.24. The van der Waals surface area contributed by atoms with E-state index in [9.17, 15) is 12.8 Å². The third kappa shape index (κ3) is 5.84. The van der Waals surface area contributed by atoms with E-state index in [4.69, 9.17) is 4.74 Å². The summed E-state index contributed by atoms with van der Waals surface area (Å²) >= 11 is 0. The second-order valence-electron chi connectivity index (χ2n) is 7.60. The number of nitrogens with one attached hydrogen (secondary N) is 1. The fourth-order valence-corrected chi connectivity index (χ4v) is 4.52. The molecule has 3 rings (SSSR count). The van der Waals surface area contributed by atoms with Crippen molar-refractivity contribution in [1.29, 1.82) is 0 Å². The molecule has 0 radical (unpaired) electrons. The molecule has 1 heterocycles. The Bertz CT molecular complexity index is 978. The Morgan fingerprint density at radius 2 is 1.70 bits per heavy atom. The Labute approximate surface area is 194 Å². The second kappa shape index (κ2) is 9.95. The van der Waals surface area contributed by atoms with Gasteiger partial charge in [0, 0.05) is 26.7 Å². The first-order chi connectivity index (χ1) is 13.7. The SMILES string of the molecule is CN=C(NCc1ccc(Oc2ccc(F)cc2)cc1)N1CCS(=O)(=O)C(C)(C)C1.I. The normalized spacial score (nSPS) is 17.7. The van der Waals surface area contributed by atoms with Crippen LogP contribution in [0.15, 0.2) is 53.5 Å². The average Bonchev–Trinajstić information content (AvgIpc) is 2.68. The van der Waals surface area contributed by atoms with Crippen molar-refractivity contribution in [3.05, 3.63) is 59.9 Å². The van der Waals surface area contributed by atoms with Gasteiger partial charge in [-0.1, -0.05) is 12.1 Å². The Morgan fingerprint density at radius 1 is 1.13 bits per heavy atom. The van der Waals surface area contributed by atoms with Crippen LogP contribution in [-0.4, -0.2) is 49.9 Å². The number of halogens is 2. The van der Waals surface area contributed by atoms with Crippen LogP contribution in [0.3, 0.4) is 0 Å². The quantitative estimate of drug-likeness (QED) is 0.358. The van der Waals surface area contributed by atoms with Crippen molar-refractivity contribution in [2.75, 3.05) is 25.9 Å². The van der Waals surface area contributed by atoms with Crippen LogP contribution in [0.25, 0.3) is 0 Å². The molecule has 1 saturated heterocycles. The van der Waals surface area contributed by atoms with Crippen LogP contribution in [-0.2, 0) is 16.4 Å². The van der Waals surface area contributed by atoms with Crippen LogP contribution in [0.4, 0.5) is 4.39 Å². The van der Waals surface area contributed by atoms with Crippen molar-refractivity contribution in [2.45, 2.75) is 25.1 Å². The predicted molar refractivity (Wildman–Crippen MR) is 128 cm³/mol. The lowest BCUT2D eigenvalue weighted by atomic mass is 10.2. The molecule has 0 amide bonds. The summed E-state index contributed by atoms with van der Waals surface area (Å²) in [4.78, 5) is 6.28. The van der Waals surface area contributed by atoms with Gasteiger partial charge in [-0.25, -0.2) is 12.8 Å². The van der Waals surface area contributed by atoms with Crippen molar-refractivity contribution in [3.8, 4) is 11.5 Å². The number of nitrogens with zero attached hydrogens (tertiary/aromatic N) is 2.